The molecule has 0 saturated carbocycles. The van der Waals surface area contributed by atoms with Gasteiger partial charge in [-0.25, -0.2) is 0 Å². The molecule has 88 valence electrons. The minimum Gasteiger partial charge on any atom is -0.383 e. The molecular formula is C12H23NO2. The predicted molar refractivity (Wildman–Crippen MR) is 60.9 cm³/mol. The first-order chi connectivity index (χ1) is 6.95. The number of hydrogen-bond acceptors (Lipinski definition) is 3. The topological polar surface area (TPSA) is 29.5 Å². The van der Waals surface area contributed by atoms with Gasteiger partial charge >= 0.3 is 0 Å². The number of carbonyl (C=O) groups is 1. The summed E-state index contributed by atoms with van der Waals surface area (Å²) in [4.78, 5) is 14.1. The van der Waals surface area contributed by atoms with Crippen molar-refractivity contribution >= 4 is 5.78 Å². The highest BCUT2D eigenvalue weighted by atomic mass is 16.5. The Hall–Kier alpha value is -0.410. The molecule has 0 N–H and O–H groups in total. The lowest BCUT2D eigenvalue weighted by Crippen LogP contribution is -2.40. The van der Waals surface area contributed by atoms with Crippen molar-refractivity contribution in [2.45, 2.75) is 39.7 Å². The van der Waals surface area contributed by atoms with E-state index >= 15 is 0 Å². The van der Waals surface area contributed by atoms with E-state index in [0.717, 1.165) is 19.6 Å². The van der Waals surface area contributed by atoms with Crippen LogP contribution in [0.15, 0.2) is 0 Å². The molecule has 1 unspecified atom stereocenters. The van der Waals surface area contributed by atoms with Gasteiger partial charge in [0.25, 0.3) is 0 Å². The smallest absolute Gasteiger partial charge is 0.152 e. The second-order valence-corrected chi connectivity index (χ2v) is 5.40. The van der Waals surface area contributed by atoms with Gasteiger partial charge in [0.2, 0.25) is 0 Å². The van der Waals surface area contributed by atoms with Gasteiger partial charge in [-0.05, 0) is 19.4 Å². The maximum Gasteiger partial charge on any atom is 0.152 e. The molecule has 15 heavy (non-hydrogen) atoms. The van der Waals surface area contributed by atoms with Crippen LogP contribution in [0.1, 0.15) is 33.6 Å². The Morgan fingerprint density at radius 2 is 2.13 bits per heavy atom. The van der Waals surface area contributed by atoms with Gasteiger partial charge in [0, 0.05) is 18.6 Å². The summed E-state index contributed by atoms with van der Waals surface area (Å²) in [6, 6.07) is 0.446. The van der Waals surface area contributed by atoms with Gasteiger partial charge in [-0.15, -0.1) is 0 Å². The summed E-state index contributed by atoms with van der Waals surface area (Å²) >= 11 is 0. The molecule has 0 spiro atoms. The Bertz CT molecular complexity index is 220. The summed E-state index contributed by atoms with van der Waals surface area (Å²) in [5.74, 6) is 0.325. The van der Waals surface area contributed by atoms with Crippen LogP contribution in [0.3, 0.4) is 0 Å². The van der Waals surface area contributed by atoms with Crippen molar-refractivity contribution < 1.29 is 9.53 Å². The third-order valence-electron chi connectivity index (χ3n) is 3.04. The van der Waals surface area contributed by atoms with Crippen LogP contribution in [0, 0.1) is 5.41 Å². The molecule has 0 aliphatic carbocycles. The van der Waals surface area contributed by atoms with Crippen LogP contribution >= 0.6 is 0 Å². The predicted octanol–water partition coefficient (Wildman–Crippen LogP) is 1.71. The quantitative estimate of drug-likeness (QED) is 0.712. The number of likely N-dealkylation sites (tertiary alicyclic amines) is 1. The molecule has 1 aliphatic heterocycles. The van der Waals surface area contributed by atoms with Gasteiger partial charge < -0.3 is 4.74 Å². The van der Waals surface area contributed by atoms with Crippen molar-refractivity contribution in [3.05, 3.63) is 0 Å². The van der Waals surface area contributed by atoms with Gasteiger partial charge in [-0.3, -0.25) is 9.69 Å². The zero-order valence-electron chi connectivity index (χ0n) is 10.4. The van der Waals surface area contributed by atoms with Crippen molar-refractivity contribution in [1.29, 1.82) is 0 Å². The van der Waals surface area contributed by atoms with Crippen molar-refractivity contribution in [1.82, 2.24) is 4.90 Å². The van der Waals surface area contributed by atoms with Crippen molar-refractivity contribution in [2.75, 3.05) is 26.8 Å². The highest BCUT2D eigenvalue weighted by Gasteiger charge is 2.29. The molecule has 1 fully saturated rings. The Morgan fingerprint density at radius 1 is 1.47 bits per heavy atom. The summed E-state index contributed by atoms with van der Waals surface area (Å²) in [5.41, 5.74) is -0.222. The zero-order chi connectivity index (χ0) is 11.5. The molecule has 0 amide bonds. The fourth-order valence-corrected chi connectivity index (χ4v) is 1.91. The molecule has 1 aliphatic rings. The van der Waals surface area contributed by atoms with E-state index in [1.54, 1.807) is 7.11 Å². The molecule has 0 radical (unpaired) electrons. The molecule has 0 aromatic rings. The van der Waals surface area contributed by atoms with Gasteiger partial charge in [0.15, 0.2) is 5.78 Å². The molecule has 1 rings (SSSR count). The van der Waals surface area contributed by atoms with E-state index in [0.29, 0.717) is 18.4 Å². The molecule has 0 aromatic carbocycles. The van der Waals surface area contributed by atoms with Crippen LogP contribution in [0.2, 0.25) is 0 Å². The van der Waals surface area contributed by atoms with E-state index in [4.69, 9.17) is 4.74 Å². The highest BCUT2D eigenvalue weighted by Crippen LogP contribution is 2.21. The van der Waals surface area contributed by atoms with Crippen LogP contribution in [0.5, 0.6) is 0 Å². The van der Waals surface area contributed by atoms with Gasteiger partial charge in [-0.2, -0.15) is 0 Å². The summed E-state index contributed by atoms with van der Waals surface area (Å²) < 4.78 is 5.17. The van der Waals surface area contributed by atoms with Gasteiger partial charge in [-0.1, -0.05) is 20.8 Å². The Labute approximate surface area is 92.8 Å². The maximum atomic E-state index is 11.9. The number of ketones is 1. The van der Waals surface area contributed by atoms with Crippen molar-refractivity contribution in [3.8, 4) is 0 Å². The number of nitrogens with zero attached hydrogens (tertiary/aromatic N) is 1. The number of rotatable bonds is 4. The molecular weight excluding hydrogens is 190 g/mol. The monoisotopic (exact) mass is 213 g/mol. The number of carbonyl (C=O) groups excluding carboxylic acids is 1. The summed E-state index contributed by atoms with van der Waals surface area (Å²) in [6.07, 6.45) is 2.34. The molecule has 1 atom stereocenters. The van der Waals surface area contributed by atoms with Gasteiger partial charge in [0.05, 0.1) is 13.2 Å². The largest absolute Gasteiger partial charge is 0.383 e. The molecule has 1 heterocycles. The standard InChI is InChI=1S/C12H23NO2/c1-12(2,3)11(14)8-13-7-5-6-10(13)9-15-4/h10H,5-9H2,1-4H3. The Morgan fingerprint density at radius 3 is 2.67 bits per heavy atom. The number of ether oxygens (including phenoxy) is 1. The minimum absolute atomic E-state index is 0.222. The number of methoxy groups -OCH3 is 1. The number of hydrogen-bond donors (Lipinski definition) is 0. The minimum atomic E-state index is -0.222. The average Bonchev–Trinajstić information content (AvgIpc) is 2.52. The molecule has 0 bridgehead atoms. The first-order valence-electron chi connectivity index (χ1n) is 5.71. The van der Waals surface area contributed by atoms with Crippen LogP contribution < -0.4 is 0 Å². The van der Waals surface area contributed by atoms with E-state index < -0.39 is 0 Å². The van der Waals surface area contributed by atoms with E-state index in [9.17, 15) is 4.79 Å². The SMILES string of the molecule is COCC1CCCN1CC(=O)C(C)(C)C. The first kappa shape index (κ1) is 12.7. The molecule has 3 nitrogen and oxygen atoms in total. The van der Waals surface area contributed by atoms with E-state index in [-0.39, 0.29) is 5.41 Å². The normalized spacial score (nSPS) is 23.3. The van der Waals surface area contributed by atoms with E-state index in [1.807, 2.05) is 20.8 Å². The summed E-state index contributed by atoms with van der Waals surface area (Å²) in [6.45, 7) is 8.31. The van der Waals surface area contributed by atoms with Crippen molar-refractivity contribution in [3.63, 3.8) is 0 Å². The third kappa shape index (κ3) is 3.58. The first-order valence-corrected chi connectivity index (χ1v) is 5.71. The lowest BCUT2D eigenvalue weighted by atomic mass is 9.90. The number of Topliss-reactive ketones (excluding diaryl/α,β-unsaturated/α-hetero) is 1. The summed E-state index contributed by atoms with van der Waals surface area (Å²) in [7, 11) is 1.72. The molecule has 3 heteroatoms. The third-order valence-corrected chi connectivity index (χ3v) is 3.04. The second kappa shape index (κ2) is 5.08. The average molecular weight is 213 g/mol. The van der Waals surface area contributed by atoms with E-state index in [2.05, 4.69) is 4.90 Å². The highest BCUT2D eigenvalue weighted by molar-refractivity contribution is 5.85. The van der Waals surface area contributed by atoms with Crippen LogP contribution in [0.25, 0.3) is 0 Å². The fourth-order valence-electron chi connectivity index (χ4n) is 1.91. The maximum absolute atomic E-state index is 11.9. The molecule has 0 aromatic heterocycles. The van der Waals surface area contributed by atoms with E-state index in [1.165, 1.54) is 6.42 Å². The fraction of sp³-hybridized carbons (Fsp3) is 0.917. The lowest BCUT2D eigenvalue weighted by molar-refractivity contribution is -0.127. The van der Waals surface area contributed by atoms with Crippen LogP contribution in [-0.2, 0) is 9.53 Å². The zero-order valence-corrected chi connectivity index (χ0v) is 10.4. The Balaban J connectivity index is 2.47. The Kier molecular flexibility index (Phi) is 4.29. The van der Waals surface area contributed by atoms with Crippen molar-refractivity contribution in [2.24, 2.45) is 5.41 Å². The van der Waals surface area contributed by atoms with Crippen LogP contribution in [-0.4, -0.2) is 43.5 Å². The molecule has 1 saturated heterocycles. The van der Waals surface area contributed by atoms with Crippen LogP contribution in [0.4, 0.5) is 0 Å². The second-order valence-electron chi connectivity index (χ2n) is 5.40. The van der Waals surface area contributed by atoms with Gasteiger partial charge in [0.1, 0.15) is 0 Å². The lowest BCUT2D eigenvalue weighted by Gasteiger charge is -2.26. The summed E-state index contributed by atoms with van der Waals surface area (Å²) in [5, 5.41) is 0.